The first-order valence-electron chi connectivity index (χ1n) is 6.46. The van der Waals surface area contributed by atoms with Crippen molar-refractivity contribution in [2.24, 2.45) is 0 Å². The molecule has 18 heavy (non-hydrogen) atoms. The number of hydrogen-bond donors (Lipinski definition) is 0. The lowest BCUT2D eigenvalue weighted by atomic mass is 10.2. The standard InChI is InChI=1S/C16H18O2/c17-16(18-15-11-5-6-12-15)13-7-4-10-14-8-2-1-3-9-14/h1-4,8-11H,5-7,12-13H2. The van der Waals surface area contributed by atoms with Gasteiger partial charge in [0, 0.05) is 12.8 Å². The molecule has 0 saturated carbocycles. The zero-order chi connectivity index (χ0) is 12.6. The Hall–Kier alpha value is -1.83. The molecule has 0 saturated heterocycles. The lowest BCUT2D eigenvalue weighted by Gasteiger charge is -2.02. The van der Waals surface area contributed by atoms with Gasteiger partial charge >= 0.3 is 5.97 Å². The Labute approximate surface area is 108 Å². The molecule has 0 bridgehead atoms. The predicted molar refractivity (Wildman–Crippen MR) is 72.7 cm³/mol. The van der Waals surface area contributed by atoms with E-state index in [9.17, 15) is 4.79 Å². The van der Waals surface area contributed by atoms with E-state index in [2.05, 4.69) is 0 Å². The van der Waals surface area contributed by atoms with Gasteiger partial charge in [0.2, 0.25) is 0 Å². The van der Waals surface area contributed by atoms with E-state index in [4.69, 9.17) is 4.74 Å². The van der Waals surface area contributed by atoms with Gasteiger partial charge in [-0.3, -0.25) is 4.79 Å². The Morgan fingerprint density at radius 3 is 2.83 bits per heavy atom. The van der Waals surface area contributed by atoms with E-state index in [1.807, 2.05) is 48.6 Å². The van der Waals surface area contributed by atoms with E-state index < -0.39 is 0 Å². The number of ether oxygens (including phenoxy) is 1. The van der Waals surface area contributed by atoms with Crippen LogP contribution in [0.2, 0.25) is 0 Å². The zero-order valence-corrected chi connectivity index (χ0v) is 10.5. The van der Waals surface area contributed by atoms with Gasteiger partial charge in [-0.1, -0.05) is 42.5 Å². The van der Waals surface area contributed by atoms with E-state index in [0.717, 1.165) is 37.0 Å². The van der Waals surface area contributed by atoms with Crippen LogP contribution < -0.4 is 0 Å². The van der Waals surface area contributed by atoms with Crippen molar-refractivity contribution in [3.05, 3.63) is 53.8 Å². The summed E-state index contributed by atoms with van der Waals surface area (Å²) in [6.07, 6.45) is 10.3. The largest absolute Gasteiger partial charge is 0.431 e. The average Bonchev–Trinajstić information content (AvgIpc) is 2.89. The van der Waals surface area contributed by atoms with Gasteiger partial charge in [0.05, 0.1) is 0 Å². The second-order valence-corrected chi connectivity index (χ2v) is 4.39. The number of carbonyl (C=O) groups is 1. The second kappa shape index (κ2) is 6.80. The molecule has 1 aliphatic carbocycles. The third-order valence-electron chi connectivity index (χ3n) is 2.87. The molecule has 1 aromatic carbocycles. The van der Waals surface area contributed by atoms with Crippen molar-refractivity contribution < 1.29 is 9.53 Å². The molecule has 0 unspecified atom stereocenters. The van der Waals surface area contributed by atoms with Crippen LogP contribution in [-0.4, -0.2) is 5.97 Å². The first-order chi connectivity index (χ1) is 8.84. The molecule has 0 radical (unpaired) electrons. The van der Waals surface area contributed by atoms with Crippen molar-refractivity contribution in [2.75, 3.05) is 0 Å². The summed E-state index contributed by atoms with van der Waals surface area (Å²) in [6.45, 7) is 0. The maximum atomic E-state index is 11.5. The maximum absolute atomic E-state index is 11.5. The molecule has 2 nitrogen and oxygen atoms in total. The van der Waals surface area contributed by atoms with Crippen molar-refractivity contribution in [1.82, 2.24) is 0 Å². The normalized spacial score (nSPS) is 14.8. The van der Waals surface area contributed by atoms with Crippen molar-refractivity contribution in [1.29, 1.82) is 0 Å². The van der Waals surface area contributed by atoms with Gasteiger partial charge in [-0.05, 0) is 30.9 Å². The SMILES string of the molecule is O=C(CCC=Cc1ccccc1)OC1=CCCC1. The van der Waals surface area contributed by atoms with E-state index >= 15 is 0 Å². The van der Waals surface area contributed by atoms with Gasteiger partial charge in [0.25, 0.3) is 0 Å². The summed E-state index contributed by atoms with van der Waals surface area (Å²) < 4.78 is 5.25. The smallest absolute Gasteiger partial charge is 0.311 e. The van der Waals surface area contributed by atoms with Crippen LogP contribution in [0.15, 0.2) is 48.2 Å². The van der Waals surface area contributed by atoms with Gasteiger partial charge in [-0.15, -0.1) is 0 Å². The Bertz CT molecular complexity index is 443. The van der Waals surface area contributed by atoms with Gasteiger partial charge in [0.15, 0.2) is 0 Å². The molecule has 0 spiro atoms. The Morgan fingerprint density at radius 2 is 2.11 bits per heavy atom. The molecule has 2 heteroatoms. The Kier molecular flexibility index (Phi) is 4.77. The van der Waals surface area contributed by atoms with Gasteiger partial charge in [-0.25, -0.2) is 0 Å². The van der Waals surface area contributed by atoms with Crippen LogP contribution in [0.5, 0.6) is 0 Å². The summed E-state index contributed by atoms with van der Waals surface area (Å²) >= 11 is 0. The lowest BCUT2D eigenvalue weighted by Crippen LogP contribution is -2.02. The fourth-order valence-corrected chi connectivity index (χ4v) is 1.92. The number of rotatable bonds is 5. The number of hydrogen-bond acceptors (Lipinski definition) is 2. The maximum Gasteiger partial charge on any atom is 0.311 e. The van der Waals surface area contributed by atoms with Crippen molar-refractivity contribution in [2.45, 2.75) is 32.1 Å². The summed E-state index contributed by atoms with van der Waals surface area (Å²) in [5.41, 5.74) is 1.16. The molecule has 0 heterocycles. The fourth-order valence-electron chi connectivity index (χ4n) is 1.92. The molecule has 1 aliphatic rings. The number of esters is 1. The van der Waals surface area contributed by atoms with Gasteiger partial charge < -0.3 is 4.74 Å². The number of allylic oxidation sites excluding steroid dienone is 3. The summed E-state index contributed by atoms with van der Waals surface area (Å²) in [5.74, 6) is 0.730. The number of benzene rings is 1. The molecule has 0 aromatic heterocycles. The van der Waals surface area contributed by atoms with Crippen LogP contribution >= 0.6 is 0 Å². The Morgan fingerprint density at radius 1 is 1.28 bits per heavy atom. The van der Waals surface area contributed by atoms with Gasteiger partial charge in [-0.2, -0.15) is 0 Å². The molecular weight excluding hydrogens is 224 g/mol. The third-order valence-corrected chi connectivity index (χ3v) is 2.87. The third kappa shape index (κ3) is 4.21. The highest BCUT2D eigenvalue weighted by Gasteiger charge is 2.09. The van der Waals surface area contributed by atoms with Crippen molar-refractivity contribution in [3.63, 3.8) is 0 Å². The monoisotopic (exact) mass is 242 g/mol. The molecule has 2 rings (SSSR count). The molecule has 94 valence electrons. The highest BCUT2D eigenvalue weighted by Crippen LogP contribution is 2.19. The quantitative estimate of drug-likeness (QED) is 0.727. The number of carbonyl (C=O) groups excluding carboxylic acids is 1. The van der Waals surface area contributed by atoms with E-state index in [1.54, 1.807) is 0 Å². The van der Waals surface area contributed by atoms with Crippen molar-refractivity contribution in [3.8, 4) is 0 Å². The fraction of sp³-hybridized carbons (Fsp3) is 0.312. The van der Waals surface area contributed by atoms with Crippen LogP contribution in [0.25, 0.3) is 6.08 Å². The first-order valence-corrected chi connectivity index (χ1v) is 6.46. The topological polar surface area (TPSA) is 26.3 Å². The van der Waals surface area contributed by atoms with E-state index in [-0.39, 0.29) is 5.97 Å². The van der Waals surface area contributed by atoms with E-state index in [0.29, 0.717) is 6.42 Å². The highest BCUT2D eigenvalue weighted by molar-refractivity contribution is 5.71. The predicted octanol–water partition coefficient (Wildman–Crippen LogP) is 4.09. The Balaban J connectivity index is 1.68. The summed E-state index contributed by atoms with van der Waals surface area (Å²) in [4.78, 5) is 11.5. The van der Waals surface area contributed by atoms with Crippen LogP contribution in [0.1, 0.15) is 37.7 Å². The average molecular weight is 242 g/mol. The van der Waals surface area contributed by atoms with Crippen LogP contribution in [0, 0.1) is 0 Å². The lowest BCUT2D eigenvalue weighted by molar-refractivity contribution is -0.139. The molecule has 0 amide bonds. The van der Waals surface area contributed by atoms with Crippen molar-refractivity contribution >= 4 is 12.0 Å². The molecule has 1 aromatic rings. The minimum Gasteiger partial charge on any atom is -0.431 e. The summed E-state index contributed by atoms with van der Waals surface area (Å²) in [6, 6.07) is 10.1. The molecule has 0 atom stereocenters. The van der Waals surface area contributed by atoms with Crippen LogP contribution in [0.3, 0.4) is 0 Å². The summed E-state index contributed by atoms with van der Waals surface area (Å²) in [5, 5.41) is 0. The molecule has 0 N–H and O–H groups in total. The highest BCUT2D eigenvalue weighted by atomic mass is 16.5. The van der Waals surface area contributed by atoms with E-state index in [1.165, 1.54) is 0 Å². The molecule has 0 aliphatic heterocycles. The molecular formula is C16H18O2. The minimum atomic E-state index is -0.124. The van der Waals surface area contributed by atoms with Crippen LogP contribution in [-0.2, 0) is 9.53 Å². The minimum absolute atomic E-state index is 0.124. The van der Waals surface area contributed by atoms with Crippen LogP contribution in [0.4, 0.5) is 0 Å². The zero-order valence-electron chi connectivity index (χ0n) is 10.5. The second-order valence-electron chi connectivity index (χ2n) is 4.39. The first kappa shape index (κ1) is 12.6. The van der Waals surface area contributed by atoms with Gasteiger partial charge in [0.1, 0.15) is 5.76 Å². The molecule has 0 fully saturated rings. The summed E-state index contributed by atoms with van der Waals surface area (Å²) in [7, 11) is 0.